The fourth-order valence-corrected chi connectivity index (χ4v) is 1.92. The van der Waals surface area contributed by atoms with Gasteiger partial charge in [-0.05, 0) is 36.6 Å². The Kier molecular flexibility index (Phi) is 6.22. The molecule has 0 aromatic heterocycles. The van der Waals surface area contributed by atoms with Crippen molar-refractivity contribution in [2.75, 3.05) is 20.3 Å². The summed E-state index contributed by atoms with van der Waals surface area (Å²) < 4.78 is 5.92. The molecule has 1 aromatic carbocycles. The van der Waals surface area contributed by atoms with E-state index in [9.17, 15) is 4.79 Å². The number of hydrogen-bond acceptors (Lipinski definition) is 2. The number of benzene rings is 1. The lowest BCUT2D eigenvalue weighted by atomic mass is 10.1. The van der Waals surface area contributed by atoms with Gasteiger partial charge in [0.2, 0.25) is 5.91 Å². The molecule has 1 amide bonds. The molecule has 0 aliphatic carbocycles. The highest BCUT2D eigenvalue weighted by molar-refractivity contribution is 9.10. The molecule has 94 valence electrons. The van der Waals surface area contributed by atoms with Crippen LogP contribution in [0.1, 0.15) is 17.5 Å². The Morgan fingerprint density at radius 3 is 2.94 bits per heavy atom. The van der Waals surface area contributed by atoms with Crippen molar-refractivity contribution in [3.8, 4) is 0 Å². The van der Waals surface area contributed by atoms with Gasteiger partial charge in [0.05, 0.1) is 6.42 Å². The molecule has 0 aliphatic rings. The van der Waals surface area contributed by atoms with Gasteiger partial charge in [-0.25, -0.2) is 0 Å². The molecule has 0 aliphatic heterocycles. The number of carbonyl (C=O) groups excluding carboxylic acids is 1. The Labute approximate surface area is 111 Å². The molecule has 0 saturated heterocycles. The van der Waals surface area contributed by atoms with E-state index >= 15 is 0 Å². The van der Waals surface area contributed by atoms with E-state index in [2.05, 4.69) is 21.2 Å². The molecule has 0 spiro atoms. The largest absolute Gasteiger partial charge is 0.385 e. The number of nitrogens with one attached hydrogen (secondary N) is 1. The molecule has 0 unspecified atom stereocenters. The normalized spacial score (nSPS) is 10.3. The molecule has 0 heterocycles. The van der Waals surface area contributed by atoms with Crippen LogP contribution in [0.2, 0.25) is 0 Å². The maximum atomic E-state index is 11.7. The van der Waals surface area contributed by atoms with E-state index < -0.39 is 0 Å². The molecule has 0 radical (unpaired) electrons. The lowest BCUT2D eigenvalue weighted by molar-refractivity contribution is -0.120. The SMILES string of the molecule is COCCCNC(=O)Cc1cc(Br)ccc1C. The molecule has 17 heavy (non-hydrogen) atoms. The third-order valence-electron chi connectivity index (χ3n) is 2.51. The summed E-state index contributed by atoms with van der Waals surface area (Å²) in [5, 5.41) is 2.88. The van der Waals surface area contributed by atoms with Crippen LogP contribution < -0.4 is 5.32 Å². The average Bonchev–Trinajstić information content (AvgIpc) is 2.29. The zero-order valence-corrected chi connectivity index (χ0v) is 11.8. The first-order chi connectivity index (χ1) is 8.13. The predicted octanol–water partition coefficient (Wildman–Crippen LogP) is 2.45. The summed E-state index contributed by atoms with van der Waals surface area (Å²) in [6.07, 6.45) is 1.28. The van der Waals surface area contributed by atoms with Crippen LogP contribution >= 0.6 is 15.9 Å². The van der Waals surface area contributed by atoms with Crippen molar-refractivity contribution in [3.05, 3.63) is 33.8 Å². The van der Waals surface area contributed by atoms with Gasteiger partial charge < -0.3 is 10.1 Å². The second-order valence-electron chi connectivity index (χ2n) is 3.94. The Balaban J connectivity index is 2.42. The van der Waals surface area contributed by atoms with Crippen molar-refractivity contribution in [1.82, 2.24) is 5.32 Å². The highest BCUT2D eigenvalue weighted by atomic mass is 79.9. The Morgan fingerprint density at radius 1 is 1.47 bits per heavy atom. The molecule has 1 rings (SSSR count). The second-order valence-corrected chi connectivity index (χ2v) is 4.86. The fourth-order valence-electron chi connectivity index (χ4n) is 1.51. The Morgan fingerprint density at radius 2 is 2.24 bits per heavy atom. The Hall–Kier alpha value is -0.870. The summed E-state index contributed by atoms with van der Waals surface area (Å²) >= 11 is 3.41. The quantitative estimate of drug-likeness (QED) is 0.820. The van der Waals surface area contributed by atoms with Crippen molar-refractivity contribution in [2.24, 2.45) is 0 Å². The lowest BCUT2D eigenvalue weighted by Gasteiger charge is -2.07. The topological polar surface area (TPSA) is 38.3 Å². The maximum Gasteiger partial charge on any atom is 0.224 e. The van der Waals surface area contributed by atoms with Crippen LogP contribution in [0.15, 0.2) is 22.7 Å². The van der Waals surface area contributed by atoms with Gasteiger partial charge >= 0.3 is 0 Å². The van der Waals surface area contributed by atoms with E-state index in [0.717, 1.165) is 22.0 Å². The number of hydrogen-bond donors (Lipinski definition) is 1. The monoisotopic (exact) mass is 299 g/mol. The van der Waals surface area contributed by atoms with Gasteiger partial charge in [0.25, 0.3) is 0 Å². The van der Waals surface area contributed by atoms with Crippen molar-refractivity contribution >= 4 is 21.8 Å². The highest BCUT2D eigenvalue weighted by Crippen LogP contribution is 2.16. The molecule has 1 N–H and O–H groups in total. The third kappa shape index (κ3) is 5.33. The minimum absolute atomic E-state index is 0.0577. The fraction of sp³-hybridized carbons (Fsp3) is 0.462. The minimum Gasteiger partial charge on any atom is -0.385 e. The van der Waals surface area contributed by atoms with E-state index in [0.29, 0.717) is 19.6 Å². The van der Waals surface area contributed by atoms with Crippen LogP contribution in [0.25, 0.3) is 0 Å². The van der Waals surface area contributed by atoms with Gasteiger partial charge in [0.15, 0.2) is 0 Å². The smallest absolute Gasteiger partial charge is 0.224 e. The van der Waals surface area contributed by atoms with E-state index in [4.69, 9.17) is 4.74 Å². The summed E-state index contributed by atoms with van der Waals surface area (Å²) in [5.74, 6) is 0.0577. The van der Waals surface area contributed by atoms with Gasteiger partial charge in [-0.3, -0.25) is 4.79 Å². The van der Waals surface area contributed by atoms with Gasteiger partial charge in [-0.1, -0.05) is 22.0 Å². The van der Waals surface area contributed by atoms with Crippen LogP contribution in [-0.4, -0.2) is 26.2 Å². The lowest BCUT2D eigenvalue weighted by Crippen LogP contribution is -2.27. The molecule has 0 atom stereocenters. The summed E-state index contributed by atoms with van der Waals surface area (Å²) in [5.41, 5.74) is 2.20. The summed E-state index contributed by atoms with van der Waals surface area (Å²) in [6, 6.07) is 5.98. The first-order valence-corrected chi connectivity index (χ1v) is 6.43. The first-order valence-electron chi connectivity index (χ1n) is 5.64. The molecule has 3 nitrogen and oxygen atoms in total. The van der Waals surface area contributed by atoms with E-state index in [1.54, 1.807) is 7.11 Å². The van der Waals surface area contributed by atoms with Gasteiger partial charge in [0, 0.05) is 24.7 Å². The Bertz CT molecular complexity index is 380. The molecular weight excluding hydrogens is 282 g/mol. The minimum atomic E-state index is 0.0577. The number of methoxy groups -OCH3 is 1. The number of rotatable bonds is 6. The van der Waals surface area contributed by atoms with E-state index in [1.165, 1.54) is 0 Å². The summed E-state index contributed by atoms with van der Waals surface area (Å²) in [7, 11) is 1.66. The average molecular weight is 300 g/mol. The van der Waals surface area contributed by atoms with Gasteiger partial charge in [-0.2, -0.15) is 0 Å². The molecular formula is C13H18BrNO2. The number of carbonyl (C=O) groups is 1. The van der Waals surface area contributed by atoms with Gasteiger partial charge in [0.1, 0.15) is 0 Å². The molecule has 0 fully saturated rings. The first kappa shape index (κ1) is 14.2. The molecule has 0 bridgehead atoms. The summed E-state index contributed by atoms with van der Waals surface area (Å²) in [6.45, 7) is 3.36. The zero-order valence-electron chi connectivity index (χ0n) is 10.3. The molecule has 0 saturated carbocycles. The third-order valence-corrected chi connectivity index (χ3v) is 3.00. The maximum absolute atomic E-state index is 11.7. The van der Waals surface area contributed by atoms with Crippen LogP contribution in [0.3, 0.4) is 0 Å². The van der Waals surface area contributed by atoms with Crippen LogP contribution in [0, 0.1) is 6.92 Å². The molecule has 4 heteroatoms. The molecule has 1 aromatic rings. The standard InChI is InChI=1S/C13H18BrNO2/c1-10-4-5-12(14)8-11(10)9-13(16)15-6-3-7-17-2/h4-5,8H,3,6-7,9H2,1-2H3,(H,15,16). The van der Waals surface area contributed by atoms with Crippen molar-refractivity contribution < 1.29 is 9.53 Å². The number of ether oxygens (including phenoxy) is 1. The van der Waals surface area contributed by atoms with E-state index in [1.807, 2.05) is 25.1 Å². The van der Waals surface area contributed by atoms with E-state index in [-0.39, 0.29) is 5.91 Å². The van der Waals surface area contributed by atoms with Crippen LogP contribution in [-0.2, 0) is 16.0 Å². The van der Waals surface area contributed by atoms with Crippen molar-refractivity contribution in [3.63, 3.8) is 0 Å². The number of amides is 1. The highest BCUT2D eigenvalue weighted by Gasteiger charge is 2.05. The van der Waals surface area contributed by atoms with Crippen LogP contribution in [0.4, 0.5) is 0 Å². The summed E-state index contributed by atoms with van der Waals surface area (Å²) in [4.78, 5) is 11.7. The van der Waals surface area contributed by atoms with Crippen molar-refractivity contribution in [2.45, 2.75) is 19.8 Å². The number of halogens is 1. The van der Waals surface area contributed by atoms with Gasteiger partial charge in [-0.15, -0.1) is 0 Å². The number of aryl methyl sites for hydroxylation is 1. The zero-order chi connectivity index (χ0) is 12.7. The van der Waals surface area contributed by atoms with Crippen molar-refractivity contribution in [1.29, 1.82) is 0 Å². The second kappa shape index (κ2) is 7.45. The van der Waals surface area contributed by atoms with Crippen LogP contribution in [0.5, 0.6) is 0 Å². The predicted molar refractivity (Wildman–Crippen MR) is 72.1 cm³/mol.